The fraction of sp³-hybridized carbons (Fsp3) is 0.0769. The van der Waals surface area contributed by atoms with Crippen LogP contribution in [0.25, 0.3) is 0 Å². The maximum absolute atomic E-state index is 13.5. The Balaban J connectivity index is 2.26. The van der Waals surface area contributed by atoms with Crippen LogP contribution >= 0.6 is 23.2 Å². The molecule has 0 saturated carbocycles. The van der Waals surface area contributed by atoms with Crippen LogP contribution in [0.2, 0.25) is 10.2 Å². The number of carbonyl (C=O) groups is 2. The first-order valence-corrected chi connectivity index (χ1v) is 6.41. The number of nitrogens with zero attached hydrogens (tertiary/aromatic N) is 1. The van der Waals surface area contributed by atoms with Gasteiger partial charge in [0.1, 0.15) is 16.7 Å². The molecule has 0 spiro atoms. The molecule has 0 aliphatic carbocycles. The van der Waals surface area contributed by atoms with Gasteiger partial charge >= 0.3 is 5.97 Å². The molecule has 0 saturated heterocycles. The lowest BCUT2D eigenvalue weighted by Gasteiger charge is -2.07. The number of nitrogens with one attached hydrogen (secondary N) is 1. The van der Waals surface area contributed by atoms with Crippen LogP contribution in [0.1, 0.15) is 20.8 Å². The topological polar surface area (TPSA) is 71.3 Å². The van der Waals surface area contributed by atoms with Crippen molar-refractivity contribution in [3.63, 3.8) is 0 Å². The van der Waals surface area contributed by atoms with Crippen molar-refractivity contribution in [3.05, 3.63) is 51.5 Å². The second-order valence-electron chi connectivity index (χ2n) is 4.18. The highest BCUT2D eigenvalue weighted by Gasteiger charge is 2.17. The van der Waals surface area contributed by atoms with E-state index in [-0.39, 0.29) is 21.6 Å². The summed E-state index contributed by atoms with van der Waals surface area (Å²) in [7, 11) is 1.55. The Kier molecular flexibility index (Phi) is 4.20. The van der Waals surface area contributed by atoms with Crippen molar-refractivity contribution in [2.75, 3.05) is 5.32 Å². The molecule has 0 fully saturated rings. The zero-order valence-corrected chi connectivity index (χ0v) is 12.2. The molecule has 2 N–H and O–H groups in total. The van der Waals surface area contributed by atoms with Crippen molar-refractivity contribution < 1.29 is 19.1 Å². The normalized spacial score (nSPS) is 10.5. The highest BCUT2D eigenvalue weighted by atomic mass is 35.5. The molecule has 21 heavy (non-hydrogen) atoms. The van der Waals surface area contributed by atoms with Gasteiger partial charge in [0.05, 0.1) is 10.6 Å². The molecule has 0 radical (unpaired) electrons. The molecule has 5 nitrogen and oxygen atoms in total. The number of hydrogen-bond acceptors (Lipinski definition) is 2. The van der Waals surface area contributed by atoms with Crippen molar-refractivity contribution in [1.82, 2.24) is 4.57 Å². The molecule has 0 bridgehead atoms. The van der Waals surface area contributed by atoms with Gasteiger partial charge in [-0.25, -0.2) is 9.18 Å². The Hall–Kier alpha value is -2.05. The molecule has 1 amide bonds. The lowest BCUT2D eigenvalue weighted by Crippen LogP contribution is -2.16. The van der Waals surface area contributed by atoms with Gasteiger partial charge in [0.2, 0.25) is 0 Å². The summed E-state index contributed by atoms with van der Waals surface area (Å²) < 4.78 is 14.9. The average Bonchev–Trinajstić information content (AvgIpc) is 2.66. The highest BCUT2D eigenvalue weighted by Crippen LogP contribution is 2.25. The van der Waals surface area contributed by atoms with Gasteiger partial charge in [0.15, 0.2) is 0 Å². The number of rotatable bonds is 3. The summed E-state index contributed by atoms with van der Waals surface area (Å²) in [6.45, 7) is 0. The predicted octanol–water partition coefficient (Wildman–Crippen LogP) is 3.42. The van der Waals surface area contributed by atoms with Crippen molar-refractivity contribution >= 4 is 40.8 Å². The van der Waals surface area contributed by atoms with E-state index in [1.807, 2.05) is 0 Å². The minimum atomic E-state index is -1.38. The molecule has 0 atom stereocenters. The lowest BCUT2D eigenvalue weighted by atomic mass is 10.2. The summed E-state index contributed by atoms with van der Waals surface area (Å²) in [4.78, 5) is 22.7. The average molecular weight is 331 g/mol. The first-order valence-electron chi connectivity index (χ1n) is 5.66. The molecule has 1 aromatic heterocycles. The van der Waals surface area contributed by atoms with Crippen LogP contribution in [-0.4, -0.2) is 21.6 Å². The van der Waals surface area contributed by atoms with Gasteiger partial charge in [0.25, 0.3) is 5.91 Å². The van der Waals surface area contributed by atoms with Crippen LogP contribution in [0.5, 0.6) is 0 Å². The van der Waals surface area contributed by atoms with Crippen molar-refractivity contribution in [3.8, 4) is 0 Å². The van der Waals surface area contributed by atoms with E-state index in [9.17, 15) is 14.0 Å². The zero-order chi connectivity index (χ0) is 15.7. The molecule has 0 unspecified atom stereocenters. The molecule has 1 heterocycles. The van der Waals surface area contributed by atoms with E-state index < -0.39 is 23.3 Å². The molecule has 0 aliphatic rings. The summed E-state index contributed by atoms with van der Waals surface area (Å²) in [5.74, 6) is -2.87. The number of aromatic carboxylic acids is 1. The Bertz CT molecular complexity index is 743. The molecular weight excluding hydrogens is 322 g/mol. The zero-order valence-electron chi connectivity index (χ0n) is 10.7. The van der Waals surface area contributed by atoms with E-state index in [2.05, 4.69) is 5.32 Å². The number of anilines is 1. The minimum Gasteiger partial charge on any atom is -0.478 e. The summed E-state index contributed by atoms with van der Waals surface area (Å²) >= 11 is 11.7. The van der Waals surface area contributed by atoms with Crippen LogP contribution in [0.15, 0.2) is 24.3 Å². The van der Waals surface area contributed by atoms with Gasteiger partial charge in [-0.2, -0.15) is 0 Å². The molecule has 0 aliphatic heterocycles. The Morgan fingerprint density at radius 2 is 1.95 bits per heavy atom. The smallest absolute Gasteiger partial charge is 0.338 e. The van der Waals surface area contributed by atoms with Gasteiger partial charge in [-0.05, 0) is 24.3 Å². The van der Waals surface area contributed by atoms with E-state index in [1.165, 1.54) is 16.7 Å². The van der Waals surface area contributed by atoms with Crippen molar-refractivity contribution in [2.45, 2.75) is 0 Å². The highest BCUT2D eigenvalue weighted by molar-refractivity contribution is 6.42. The number of halogens is 3. The van der Waals surface area contributed by atoms with Gasteiger partial charge in [-0.3, -0.25) is 4.79 Å². The summed E-state index contributed by atoms with van der Waals surface area (Å²) in [6.07, 6.45) is 0. The van der Waals surface area contributed by atoms with Gasteiger partial charge < -0.3 is 15.0 Å². The SMILES string of the molecule is Cn1c(C(=O)Nc2ccc(C(=O)O)c(F)c2)cc(Cl)c1Cl. The maximum atomic E-state index is 13.5. The quantitative estimate of drug-likeness (QED) is 0.905. The fourth-order valence-electron chi connectivity index (χ4n) is 1.72. The van der Waals surface area contributed by atoms with Crippen LogP contribution in [0.3, 0.4) is 0 Å². The molecule has 2 aromatic rings. The predicted molar refractivity (Wildman–Crippen MR) is 76.7 cm³/mol. The monoisotopic (exact) mass is 330 g/mol. The van der Waals surface area contributed by atoms with Crippen molar-refractivity contribution in [1.29, 1.82) is 0 Å². The second-order valence-corrected chi connectivity index (χ2v) is 4.95. The number of carboxylic acid groups (broad SMARTS) is 1. The van der Waals surface area contributed by atoms with E-state index in [1.54, 1.807) is 7.05 Å². The number of amides is 1. The van der Waals surface area contributed by atoms with Crippen LogP contribution < -0.4 is 5.32 Å². The Morgan fingerprint density at radius 3 is 2.43 bits per heavy atom. The van der Waals surface area contributed by atoms with Gasteiger partial charge in [0, 0.05) is 12.7 Å². The molecule has 110 valence electrons. The number of benzene rings is 1. The number of aromatic nitrogens is 1. The third-order valence-electron chi connectivity index (χ3n) is 2.81. The molecule has 8 heteroatoms. The van der Waals surface area contributed by atoms with Crippen LogP contribution in [0.4, 0.5) is 10.1 Å². The Labute approximate surface area is 128 Å². The van der Waals surface area contributed by atoms with Gasteiger partial charge in [-0.15, -0.1) is 0 Å². The van der Waals surface area contributed by atoms with E-state index in [0.717, 1.165) is 12.1 Å². The van der Waals surface area contributed by atoms with E-state index >= 15 is 0 Å². The van der Waals surface area contributed by atoms with Crippen LogP contribution in [-0.2, 0) is 7.05 Å². The largest absolute Gasteiger partial charge is 0.478 e. The lowest BCUT2D eigenvalue weighted by molar-refractivity contribution is 0.0692. The third kappa shape index (κ3) is 3.01. The minimum absolute atomic E-state index is 0.121. The summed E-state index contributed by atoms with van der Waals surface area (Å²) in [5.41, 5.74) is -0.165. The first-order chi connectivity index (χ1) is 9.81. The molecule has 1 aromatic carbocycles. The van der Waals surface area contributed by atoms with E-state index in [0.29, 0.717) is 0 Å². The summed E-state index contributed by atoms with van der Waals surface area (Å²) in [6, 6.07) is 4.66. The number of hydrogen-bond donors (Lipinski definition) is 2. The first kappa shape index (κ1) is 15.3. The van der Waals surface area contributed by atoms with Crippen molar-refractivity contribution in [2.24, 2.45) is 7.05 Å². The number of carbonyl (C=O) groups excluding carboxylic acids is 1. The Morgan fingerprint density at radius 1 is 1.29 bits per heavy atom. The molecular formula is C13H9Cl2FN2O3. The van der Waals surface area contributed by atoms with Crippen LogP contribution in [0, 0.1) is 5.82 Å². The van der Waals surface area contributed by atoms with Gasteiger partial charge in [-0.1, -0.05) is 23.2 Å². The summed E-state index contributed by atoms with van der Waals surface area (Å²) in [5, 5.41) is 11.6. The second kappa shape index (κ2) is 5.75. The maximum Gasteiger partial charge on any atom is 0.338 e. The molecule has 2 rings (SSSR count). The van der Waals surface area contributed by atoms with E-state index in [4.69, 9.17) is 28.3 Å². The fourth-order valence-corrected chi connectivity index (χ4v) is 2.10. The third-order valence-corrected chi connectivity index (χ3v) is 3.65. The number of carboxylic acids is 1. The standard InChI is InChI=1S/C13H9Cl2FN2O3/c1-18-10(5-8(14)11(18)15)12(19)17-6-2-3-7(13(20)21)9(16)4-6/h2-5H,1H3,(H,17,19)(H,20,21).